The van der Waals surface area contributed by atoms with Gasteiger partial charge in [0.2, 0.25) is 53.2 Å². The first-order valence-electron chi connectivity index (χ1n) is 19.2. The number of primary amides is 1. The number of nitrogens with one attached hydrogen (secondary N) is 8. The van der Waals surface area contributed by atoms with Gasteiger partial charge in [-0.1, -0.05) is 78.3 Å². The van der Waals surface area contributed by atoms with Gasteiger partial charge in [0.25, 0.3) is 0 Å². The molecule has 0 aromatic heterocycles. The third-order valence-electron chi connectivity index (χ3n) is 8.76. The van der Waals surface area contributed by atoms with Crippen molar-refractivity contribution in [3.63, 3.8) is 0 Å². The van der Waals surface area contributed by atoms with Crippen LogP contribution in [0, 0.1) is 17.8 Å². The zero-order valence-electron chi connectivity index (χ0n) is 34.5. The summed E-state index contributed by atoms with van der Waals surface area (Å²) in [6.07, 6.45) is 2.14. The Hall–Kier alpha value is -6.34. The molecule has 9 amide bonds. The van der Waals surface area contributed by atoms with Gasteiger partial charge < -0.3 is 53.4 Å². The molecule has 1 aromatic carbocycles. The van der Waals surface area contributed by atoms with Gasteiger partial charge in [0.1, 0.15) is 30.2 Å². The lowest BCUT2D eigenvalue weighted by Crippen LogP contribution is -2.61. The molecule has 326 valence electrons. The molecule has 0 heterocycles. The van der Waals surface area contributed by atoms with Gasteiger partial charge in [-0.05, 0) is 29.7 Å². The van der Waals surface area contributed by atoms with Crippen molar-refractivity contribution in [2.45, 2.75) is 97.9 Å². The number of carbonyl (C=O) groups excluding carboxylic acids is 9. The van der Waals surface area contributed by atoms with E-state index in [1.54, 1.807) is 58.0 Å². The Bertz CT molecular complexity index is 1680. The molecule has 0 unspecified atom stereocenters. The van der Waals surface area contributed by atoms with Gasteiger partial charge in [-0.15, -0.1) is 0 Å². The second kappa shape index (κ2) is 25.8. The summed E-state index contributed by atoms with van der Waals surface area (Å²) in [5.41, 5.74) is 6.13. The van der Waals surface area contributed by atoms with Gasteiger partial charge in [0, 0.05) is 32.0 Å². The molecule has 0 bridgehead atoms. The molecule has 59 heavy (non-hydrogen) atoms. The highest BCUT2D eigenvalue weighted by atomic mass is 16.4. The maximum absolute atomic E-state index is 13.6. The number of aliphatic carboxylic acids is 1. The average Bonchev–Trinajstić information content (AvgIpc) is 3.16. The molecule has 0 saturated heterocycles. The average molecular weight is 830 g/mol. The molecule has 1 rings (SSSR count). The van der Waals surface area contributed by atoms with E-state index in [0.29, 0.717) is 12.0 Å². The van der Waals surface area contributed by atoms with Crippen molar-refractivity contribution in [1.82, 2.24) is 42.5 Å². The van der Waals surface area contributed by atoms with Crippen LogP contribution < -0.4 is 48.3 Å². The number of benzene rings is 1. The second-order valence-corrected chi connectivity index (χ2v) is 14.7. The number of hydrogen-bond donors (Lipinski definition) is 10. The highest BCUT2D eigenvalue weighted by molar-refractivity contribution is 6.00. The Morgan fingerprint density at radius 1 is 0.661 bits per heavy atom. The maximum atomic E-state index is 13.6. The fraction of sp³-hybridized carbons (Fsp3) is 0.538. The van der Waals surface area contributed by atoms with E-state index in [0.717, 1.165) is 12.2 Å². The number of carboxylic acid groups (broad SMARTS) is 1. The Balaban J connectivity index is 2.90. The molecule has 0 fully saturated rings. The predicted molar refractivity (Wildman–Crippen MR) is 214 cm³/mol. The van der Waals surface area contributed by atoms with Crippen LogP contribution in [0.2, 0.25) is 0 Å². The zero-order valence-corrected chi connectivity index (χ0v) is 34.5. The SMILES string of the molecule is CC[C@H](C)[C@H](NC(=O)[C@H](CNC(C)=O)NC(=O)/C=C/C(=O)NCC(=O)NCC(=O)N[C@@H](Cc1ccccc1)C(=O)O)C(=O)N[C@@H](CC(C)C)C(=O)N[C@H](C(N)=O)C(C)C. The summed E-state index contributed by atoms with van der Waals surface area (Å²) in [6, 6.07) is 2.62. The molecule has 1 aromatic rings. The molecule has 0 spiro atoms. The van der Waals surface area contributed by atoms with Crippen molar-refractivity contribution in [2.24, 2.45) is 23.5 Å². The van der Waals surface area contributed by atoms with Crippen molar-refractivity contribution < 1.29 is 53.1 Å². The smallest absolute Gasteiger partial charge is 0.326 e. The van der Waals surface area contributed by atoms with Crippen LogP contribution >= 0.6 is 0 Å². The van der Waals surface area contributed by atoms with E-state index in [9.17, 15) is 53.1 Å². The highest BCUT2D eigenvalue weighted by Gasteiger charge is 2.34. The quantitative estimate of drug-likeness (QED) is 0.0476. The van der Waals surface area contributed by atoms with Crippen LogP contribution in [0.25, 0.3) is 0 Å². The Morgan fingerprint density at radius 3 is 1.78 bits per heavy atom. The normalized spacial score (nSPS) is 14.1. The minimum Gasteiger partial charge on any atom is -0.480 e. The standard InChI is InChI=1S/C39H59N9O11/c1-8-23(6)34(38(57)46-26(16-21(2)3)36(55)47-33(22(4)5)35(40)54)48-37(56)28(18-41-24(7)49)45-30(51)15-14-29(50)42-19-31(52)43-20-32(53)44-27(39(58)59)17-25-12-10-9-11-13-25/h9-15,21-23,26-28,33-34H,8,16-20H2,1-7H3,(H2,40,54)(H,41,49)(H,42,50)(H,43,52)(H,44,53)(H,45,51)(H,46,57)(H,47,55)(H,48,56)(H,58,59)/b15-14+/t23-,26-,27-,28-,33-,34-/m0/s1. The molecule has 0 aliphatic rings. The van der Waals surface area contributed by atoms with Crippen LogP contribution in [0.1, 0.15) is 66.9 Å². The summed E-state index contributed by atoms with van der Waals surface area (Å²) in [4.78, 5) is 125. The van der Waals surface area contributed by atoms with Gasteiger partial charge >= 0.3 is 5.97 Å². The van der Waals surface area contributed by atoms with Crippen LogP contribution in [0.5, 0.6) is 0 Å². The van der Waals surface area contributed by atoms with Crippen LogP contribution in [0.15, 0.2) is 42.5 Å². The number of nitrogens with two attached hydrogens (primary N) is 1. The minimum absolute atomic E-state index is 0.0152. The molecular weight excluding hydrogens is 770 g/mol. The number of hydrogen-bond acceptors (Lipinski definition) is 10. The van der Waals surface area contributed by atoms with E-state index in [4.69, 9.17) is 5.73 Å². The number of carbonyl (C=O) groups is 10. The first-order valence-corrected chi connectivity index (χ1v) is 19.2. The molecule has 0 aliphatic carbocycles. The number of rotatable bonds is 25. The maximum Gasteiger partial charge on any atom is 0.326 e. The Labute approximate surface area is 343 Å². The van der Waals surface area contributed by atoms with Crippen LogP contribution in [0.3, 0.4) is 0 Å². The van der Waals surface area contributed by atoms with Crippen molar-refractivity contribution in [1.29, 1.82) is 0 Å². The third-order valence-corrected chi connectivity index (χ3v) is 8.76. The van der Waals surface area contributed by atoms with Crippen molar-refractivity contribution in [3.05, 3.63) is 48.0 Å². The predicted octanol–water partition coefficient (Wildman–Crippen LogP) is -2.10. The lowest BCUT2D eigenvalue weighted by molar-refractivity contribution is -0.141. The van der Waals surface area contributed by atoms with Gasteiger partial charge in [0.15, 0.2) is 0 Å². The molecule has 0 aliphatic heterocycles. The lowest BCUT2D eigenvalue weighted by Gasteiger charge is -2.29. The topological polar surface area (TPSA) is 313 Å². The van der Waals surface area contributed by atoms with Gasteiger partial charge in [0.05, 0.1) is 13.1 Å². The van der Waals surface area contributed by atoms with Crippen molar-refractivity contribution in [2.75, 3.05) is 19.6 Å². The molecular formula is C39H59N9O11. The van der Waals surface area contributed by atoms with Gasteiger partial charge in [-0.3, -0.25) is 43.2 Å². The zero-order chi connectivity index (χ0) is 44.8. The summed E-state index contributed by atoms with van der Waals surface area (Å²) < 4.78 is 0. The fourth-order valence-corrected chi connectivity index (χ4v) is 5.33. The summed E-state index contributed by atoms with van der Waals surface area (Å²) in [7, 11) is 0. The minimum atomic E-state index is -1.44. The monoisotopic (exact) mass is 829 g/mol. The highest BCUT2D eigenvalue weighted by Crippen LogP contribution is 2.12. The number of carboxylic acids is 1. The van der Waals surface area contributed by atoms with E-state index >= 15 is 0 Å². The summed E-state index contributed by atoms with van der Waals surface area (Å²) >= 11 is 0. The lowest BCUT2D eigenvalue weighted by atomic mass is 9.96. The van der Waals surface area contributed by atoms with Crippen molar-refractivity contribution >= 4 is 59.1 Å². The van der Waals surface area contributed by atoms with E-state index < -0.39 is 115 Å². The van der Waals surface area contributed by atoms with E-state index in [-0.39, 0.29) is 24.7 Å². The van der Waals surface area contributed by atoms with Crippen LogP contribution in [-0.2, 0) is 54.4 Å². The molecule has 20 nitrogen and oxygen atoms in total. The molecule has 6 atom stereocenters. The third kappa shape index (κ3) is 20.1. The second-order valence-electron chi connectivity index (χ2n) is 14.7. The van der Waals surface area contributed by atoms with Crippen molar-refractivity contribution in [3.8, 4) is 0 Å². The molecule has 0 saturated carbocycles. The van der Waals surface area contributed by atoms with Gasteiger partial charge in [-0.25, -0.2) is 4.79 Å². The van der Waals surface area contributed by atoms with E-state index in [2.05, 4.69) is 42.5 Å². The molecule has 0 radical (unpaired) electrons. The largest absolute Gasteiger partial charge is 0.480 e. The van der Waals surface area contributed by atoms with Crippen LogP contribution in [0.4, 0.5) is 0 Å². The Kier molecular flexibility index (Phi) is 22.2. The summed E-state index contributed by atoms with van der Waals surface area (Å²) in [5.74, 6) is -9.09. The first-order chi connectivity index (χ1) is 27.6. The number of amides is 9. The summed E-state index contributed by atoms with van der Waals surface area (Å²) in [6.45, 7) is 10.1. The molecule has 11 N–H and O–H groups in total. The first kappa shape index (κ1) is 50.7. The molecule has 20 heteroatoms. The fourth-order valence-electron chi connectivity index (χ4n) is 5.33. The van der Waals surface area contributed by atoms with E-state index in [1.807, 2.05) is 13.8 Å². The van der Waals surface area contributed by atoms with Crippen LogP contribution in [-0.4, -0.2) is 114 Å². The van der Waals surface area contributed by atoms with E-state index in [1.165, 1.54) is 6.92 Å². The summed E-state index contributed by atoms with van der Waals surface area (Å²) in [5, 5.41) is 28.8. The van der Waals surface area contributed by atoms with Gasteiger partial charge in [-0.2, -0.15) is 0 Å². The Morgan fingerprint density at radius 2 is 1.24 bits per heavy atom.